The minimum Gasteiger partial charge on any atom is -0.466 e. The number of carbonyl (C=O) groups is 3. The summed E-state index contributed by atoms with van der Waals surface area (Å²) in [4.78, 5) is 38.7. The molecule has 0 unspecified atom stereocenters. The summed E-state index contributed by atoms with van der Waals surface area (Å²) in [6.07, 6.45) is 4.35. The molecule has 0 radical (unpaired) electrons. The first-order valence-corrected chi connectivity index (χ1v) is 10.6. The third kappa shape index (κ3) is 6.21. The third-order valence-electron chi connectivity index (χ3n) is 5.42. The molecule has 2 N–H and O–H groups in total. The van der Waals surface area contributed by atoms with Gasteiger partial charge in [-0.2, -0.15) is 0 Å². The van der Waals surface area contributed by atoms with Crippen molar-refractivity contribution >= 4 is 29.2 Å². The van der Waals surface area contributed by atoms with E-state index in [4.69, 9.17) is 4.74 Å². The zero-order valence-electron chi connectivity index (χ0n) is 17.3. The average molecular weight is 402 g/mol. The summed E-state index contributed by atoms with van der Waals surface area (Å²) in [5.41, 5.74) is 2.07. The van der Waals surface area contributed by atoms with Gasteiger partial charge < -0.3 is 20.3 Å². The van der Waals surface area contributed by atoms with Crippen molar-refractivity contribution in [3.63, 3.8) is 0 Å². The number of nitrogens with zero attached hydrogens (tertiary/aromatic N) is 1. The Hall–Kier alpha value is -2.57. The van der Waals surface area contributed by atoms with Gasteiger partial charge in [0.1, 0.15) is 0 Å². The number of amides is 2. The van der Waals surface area contributed by atoms with E-state index in [1.54, 1.807) is 13.0 Å². The Morgan fingerprint density at radius 3 is 2.48 bits per heavy atom. The molecule has 0 bridgehead atoms. The van der Waals surface area contributed by atoms with Gasteiger partial charge >= 0.3 is 5.97 Å². The lowest BCUT2D eigenvalue weighted by Crippen LogP contribution is -2.35. The van der Waals surface area contributed by atoms with Crippen LogP contribution >= 0.6 is 0 Å². The number of ether oxygens (including phenoxy) is 1. The van der Waals surface area contributed by atoms with Crippen molar-refractivity contribution in [2.24, 2.45) is 5.92 Å². The van der Waals surface area contributed by atoms with Crippen LogP contribution in [-0.4, -0.2) is 43.5 Å². The van der Waals surface area contributed by atoms with E-state index in [0.29, 0.717) is 23.8 Å². The molecule has 1 saturated heterocycles. The van der Waals surface area contributed by atoms with Gasteiger partial charge in [0.15, 0.2) is 0 Å². The molecule has 0 atom stereocenters. The second kappa shape index (κ2) is 9.76. The molecule has 1 aromatic carbocycles. The highest BCUT2D eigenvalue weighted by Crippen LogP contribution is 2.30. The van der Waals surface area contributed by atoms with E-state index in [1.807, 2.05) is 12.1 Å². The van der Waals surface area contributed by atoms with Gasteiger partial charge in [0, 0.05) is 36.9 Å². The Kier molecular flexibility index (Phi) is 7.12. The Morgan fingerprint density at radius 2 is 1.83 bits per heavy atom. The minimum atomic E-state index is -0.387. The fraction of sp³-hybridized carbons (Fsp3) is 0.591. The zero-order chi connectivity index (χ0) is 20.8. The molecule has 7 heteroatoms. The second-order valence-corrected chi connectivity index (χ2v) is 8.00. The predicted octanol–water partition coefficient (Wildman–Crippen LogP) is 3.10. The molecule has 7 nitrogen and oxygen atoms in total. The van der Waals surface area contributed by atoms with Crippen LogP contribution in [0.15, 0.2) is 18.2 Å². The quantitative estimate of drug-likeness (QED) is 0.654. The van der Waals surface area contributed by atoms with Crippen molar-refractivity contribution in [3.8, 4) is 0 Å². The van der Waals surface area contributed by atoms with Crippen molar-refractivity contribution in [2.75, 3.05) is 29.9 Å². The van der Waals surface area contributed by atoms with Gasteiger partial charge in [0.2, 0.25) is 5.91 Å². The molecule has 2 fully saturated rings. The fourth-order valence-electron chi connectivity index (χ4n) is 3.48. The molecule has 1 aliphatic heterocycles. The molecule has 1 aliphatic carbocycles. The third-order valence-corrected chi connectivity index (χ3v) is 5.42. The summed E-state index contributed by atoms with van der Waals surface area (Å²) in [6.45, 7) is 6.15. The van der Waals surface area contributed by atoms with E-state index >= 15 is 0 Å². The molecule has 1 saturated carbocycles. The van der Waals surface area contributed by atoms with E-state index < -0.39 is 0 Å². The van der Waals surface area contributed by atoms with E-state index in [-0.39, 0.29) is 36.7 Å². The molecule has 3 rings (SSSR count). The van der Waals surface area contributed by atoms with Gasteiger partial charge in [0.25, 0.3) is 5.91 Å². The number of esters is 1. The van der Waals surface area contributed by atoms with Crippen molar-refractivity contribution < 1.29 is 19.1 Å². The Bertz CT molecular complexity index is 752. The molecule has 158 valence electrons. The van der Waals surface area contributed by atoms with Crippen molar-refractivity contribution in [3.05, 3.63) is 23.8 Å². The maximum atomic E-state index is 12.8. The summed E-state index contributed by atoms with van der Waals surface area (Å²) in [5.74, 6) is -0.0512. The van der Waals surface area contributed by atoms with Gasteiger partial charge in [-0.3, -0.25) is 14.4 Å². The summed E-state index contributed by atoms with van der Waals surface area (Å²) in [6, 6.07) is 5.75. The molecular weight excluding hydrogens is 370 g/mol. The smallest absolute Gasteiger partial charge is 0.306 e. The average Bonchev–Trinajstić information content (AvgIpc) is 3.51. The van der Waals surface area contributed by atoms with Crippen LogP contribution in [0.2, 0.25) is 0 Å². The first-order chi connectivity index (χ1) is 14.0. The highest BCUT2D eigenvalue weighted by molar-refractivity contribution is 6.02. The first-order valence-electron chi connectivity index (χ1n) is 10.6. The second-order valence-electron chi connectivity index (χ2n) is 8.00. The predicted molar refractivity (Wildman–Crippen MR) is 112 cm³/mol. The lowest BCUT2D eigenvalue weighted by molar-refractivity contribution is -0.144. The van der Waals surface area contributed by atoms with Gasteiger partial charge in [-0.15, -0.1) is 0 Å². The van der Waals surface area contributed by atoms with E-state index in [9.17, 15) is 14.4 Å². The van der Waals surface area contributed by atoms with Crippen molar-refractivity contribution in [1.82, 2.24) is 5.32 Å². The number of hydrogen-bond acceptors (Lipinski definition) is 5. The Balaban J connectivity index is 1.70. The van der Waals surface area contributed by atoms with E-state index in [2.05, 4.69) is 22.5 Å². The normalized spacial score (nSPS) is 17.0. The monoisotopic (exact) mass is 401 g/mol. The lowest BCUT2D eigenvalue weighted by Gasteiger charge is -2.33. The van der Waals surface area contributed by atoms with Crippen LogP contribution in [0.1, 0.15) is 62.7 Å². The summed E-state index contributed by atoms with van der Waals surface area (Å²) < 4.78 is 4.85. The first kappa shape index (κ1) is 21.1. The van der Waals surface area contributed by atoms with Crippen LogP contribution in [0.5, 0.6) is 0 Å². The molecule has 2 amide bonds. The number of nitrogens with one attached hydrogen (secondary N) is 2. The van der Waals surface area contributed by atoms with E-state index in [1.165, 1.54) is 0 Å². The number of rotatable bonds is 8. The number of carbonyl (C=O) groups excluding carboxylic acids is 3. The highest BCUT2D eigenvalue weighted by Gasteiger charge is 2.27. The molecule has 2 aliphatic rings. The number of hydrogen-bond donors (Lipinski definition) is 2. The summed E-state index contributed by atoms with van der Waals surface area (Å²) >= 11 is 0. The summed E-state index contributed by atoms with van der Waals surface area (Å²) in [7, 11) is 0. The topological polar surface area (TPSA) is 87.7 Å². The fourth-order valence-corrected chi connectivity index (χ4v) is 3.48. The van der Waals surface area contributed by atoms with Crippen LogP contribution < -0.4 is 15.5 Å². The molecular formula is C22H31N3O4. The minimum absolute atomic E-state index is 0.0404. The molecule has 0 aromatic heterocycles. The van der Waals surface area contributed by atoms with Crippen LogP contribution in [0.3, 0.4) is 0 Å². The number of anilines is 2. The van der Waals surface area contributed by atoms with Crippen LogP contribution in [0, 0.1) is 5.92 Å². The Morgan fingerprint density at radius 1 is 1.10 bits per heavy atom. The van der Waals surface area contributed by atoms with E-state index in [0.717, 1.165) is 44.5 Å². The van der Waals surface area contributed by atoms with Gasteiger partial charge in [-0.05, 0) is 56.7 Å². The van der Waals surface area contributed by atoms with Gasteiger partial charge in [-0.1, -0.05) is 6.92 Å². The number of piperidine rings is 1. The molecule has 1 heterocycles. The maximum absolute atomic E-state index is 12.8. The van der Waals surface area contributed by atoms with Crippen LogP contribution in [-0.2, 0) is 14.3 Å². The summed E-state index contributed by atoms with van der Waals surface area (Å²) in [5, 5.41) is 5.85. The maximum Gasteiger partial charge on any atom is 0.306 e. The Labute approximate surface area is 172 Å². The van der Waals surface area contributed by atoms with Crippen molar-refractivity contribution in [1.29, 1.82) is 0 Å². The van der Waals surface area contributed by atoms with Crippen molar-refractivity contribution in [2.45, 2.75) is 58.4 Å². The molecule has 1 aromatic rings. The number of benzene rings is 1. The van der Waals surface area contributed by atoms with Gasteiger partial charge in [0.05, 0.1) is 18.6 Å². The lowest BCUT2D eigenvalue weighted by atomic mass is 9.97. The van der Waals surface area contributed by atoms with Crippen LogP contribution in [0.25, 0.3) is 0 Å². The SMILES string of the molecule is CCOC(=O)CCC(=O)Nc1ccc(N2CCC(C)CC2)c(C(=O)NC2CC2)c1. The molecule has 29 heavy (non-hydrogen) atoms. The van der Waals surface area contributed by atoms with Crippen LogP contribution in [0.4, 0.5) is 11.4 Å². The largest absolute Gasteiger partial charge is 0.466 e. The standard InChI is InChI=1S/C22H31N3O4/c1-3-29-21(27)9-8-20(26)23-17-6-7-19(25-12-10-15(2)11-13-25)18(14-17)22(28)24-16-4-5-16/h6-7,14-16H,3-5,8-13H2,1-2H3,(H,23,26)(H,24,28). The van der Waals surface area contributed by atoms with Gasteiger partial charge in [-0.25, -0.2) is 0 Å². The zero-order valence-corrected chi connectivity index (χ0v) is 17.3. The highest BCUT2D eigenvalue weighted by atomic mass is 16.5. The molecule has 0 spiro atoms.